The summed E-state index contributed by atoms with van der Waals surface area (Å²) in [6, 6.07) is 6.12. The summed E-state index contributed by atoms with van der Waals surface area (Å²) in [6.07, 6.45) is 7.27. The summed E-state index contributed by atoms with van der Waals surface area (Å²) >= 11 is 12.7. The van der Waals surface area contributed by atoms with E-state index in [0.29, 0.717) is 6.04 Å². The third-order valence-corrected chi connectivity index (χ3v) is 5.79. The molecule has 0 aromatic heterocycles. The van der Waals surface area contributed by atoms with Gasteiger partial charge < -0.3 is 10.2 Å². The first-order chi connectivity index (χ1) is 10.0. The van der Waals surface area contributed by atoms with Crippen molar-refractivity contribution in [3.05, 3.63) is 33.8 Å². The summed E-state index contributed by atoms with van der Waals surface area (Å²) in [6.45, 7) is 0. The van der Waals surface area contributed by atoms with E-state index in [2.05, 4.69) is 31.4 Å². The Kier molecular flexibility index (Phi) is 5.96. The van der Waals surface area contributed by atoms with Crippen molar-refractivity contribution in [1.29, 1.82) is 0 Å². The highest BCUT2D eigenvalue weighted by Gasteiger charge is 2.41. The second-order valence-electron chi connectivity index (χ2n) is 6.30. The molecule has 0 spiro atoms. The van der Waals surface area contributed by atoms with Crippen LogP contribution < -0.4 is 5.32 Å². The van der Waals surface area contributed by atoms with Crippen LogP contribution in [0.4, 0.5) is 0 Å². The van der Waals surface area contributed by atoms with E-state index >= 15 is 0 Å². The van der Waals surface area contributed by atoms with E-state index in [1.165, 1.54) is 32.1 Å². The summed E-state index contributed by atoms with van der Waals surface area (Å²) in [5.41, 5.74) is 1.25. The number of rotatable bonds is 5. The van der Waals surface area contributed by atoms with Crippen molar-refractivity contribution in [2.75, 3.05) is 21.1 Å². The molecule has 1 aliphatic rings. The molecule has 2 nitrogen and oxygen atoms in total. The van der Waals surface area contributed by atoms with Crippen LogP contribution in [0.2, 0.25) is 10.0 Å². The highest BCUT2D eigenvalue weighted by Crippen LogP contribution is 2.37. The topological polar surface area (TPSA) is 15.3 Å². The molecule has 0 heterocycles. The van der Waals surface area contributed by atoms with E-state index in [1.54, 1.807) is 0 Å². The van der Waals surface area contributed by atoms with Crippen LogP contribution in [0.3, 0.4) is 0 Å². The molecule has 1 aliphatic carbocycles. The van der Waals surface area contributed by atoms with Gasteiger partial charge in [-0.3, -0.25) is 0 Å². The van der Waals surface area contributed by atoms with Crippen LogP contribution in [0.5, 0.6) is 0 Å². The first-order valence-corrected chi connectivity index (χ1v) is 8.54. The zero-order chi connectivity index (χ0) is 15.5. The van der Waals surface area contributed by atoms with Crippen molar-refractivity contribution in [2.45, 2.75) is 50.1 Å². The lowest BCUT2D eigenvalue weighted by Gasteiger charge is -2.48. The van der Waals surface area contributed by atoms with Crippen LogP contribution >= 0.6 is 23.2 Å². The molecular weight excluding hydrogens is 303 g/mol. The van der Waals surface area contributed by atoms with Crippen molar-refractivity contribution < 1.29 is 0 Å². The van der Waals surface area contributed by atoms with Crippen molar-refractivity contribution >= 4 is 23.2 Å². The molecule has 21 heavy (non-hydrogen) atoms. The maximum absolute atomic E-state index is 6.37. The fourth-order valence-corrected chi connectivity index (χ4v) is 4.32. The van der Waals surface area contributed by atoms with Crippen molar-refractivity contribution in [1.82, 2.24) is 10.2 Å². The van der Waals surface area contributed by atoms with Gasteiger partial charge in [0, 0.05) is 21.6 Å². The average molecular weight is 329 g/mol. The molecule has 4 heteroatoms. The molecule has 0 amide bonds. The van der Waals surface area contributed by atoms with Gasteiger partial charge in [-0.05, 0) is 58.1 Å². The number of nitrogens with zero attached hydrogens (tertiary/aromatic N) is 1. The molecular formula is C17H26Cl2N2. The fourth-order valence-electron chi connectivity index (χ4n) is 3.76. The Balaban J connectivity index is 2.29. The van der Waals surface area contributed by atoms with Crippen molar-refractivity contribution in [3.63, 3.8) is 0 Å². The SMILES string of the molecule is CNC(Cc1c(Cl)cccc1Cl)C1(N(C)C)CCCCC1. The molecule has 0 bridgehead atoms. The summed E-state index contributed by atoms with van der Waals surface area (Å²) in [7, 11) is 6.45. The smallest absolute Gasteiger partial charge is 0.0453 e. The predicted molar refractivity (Wildman–Crippen MR) is 92.5 cm³/mol. The largest absolute Gasteiger partial charge is 0.315 e. The minimum Gasteiger partial charge on any atom is -0.315 e. The Morgan fingerprint density at radius 1 is 1.14 bits per heavy atom. The van der Waals surface area contributed by atoms with Gasteiger partial charge in [-0.2, -0.15) is 0 Å². The Morgan fingerprint density at radius 2 is 1.71 bits per heavy atom. The van der Waals surface area contributed by atoms with E-state index in [4.69, 9.17) is 23.2 Å². The third kappa shape index (κ3) is 3.56. The van der Waals surface area contributed by atoms with E-state index in [9.17, 15) is 0 Å². The van der Waals surface area contributed by atoms with Gasteiger partial charge in [-0.1, -0.05) is 48.5 Å². The first kappa shape index (κ1) is 17.1. The summed E-state index contributed by atoms with van der Waals surface area (Å²) in [5, 5.41) is 5.08. The number of nitrogens with one attached hydrogen (secondary N) is 1. The Bertz CT molecular complexity index is 448. The second-order valence-corrected chi connectivity index (χ2v) is 7.12. The minimum absolute atomic E-state index is 0.190. The average Bonchev–Trinajstić information content (AvgIpc) is 2.47. The molecule has 1 fully saturated rings. The quantitative estimate of drug-likeness (QED) is 0.862. The lowest BCUT2D eigenvalue weighted by atomic mass is 9.73. The molecule has 1 aromatic carbocycles. The monoisotopic (exact) mass is 328 g/mol. The molecule has 2 rings (SSSR count). The Hall–Kier alpha value is -0.280. The van der Waals surface area contributed by atoms with Gasteiger partial charge in [0.15, 0.2) is 0 Å². The maximum atomic E-state index is 6.37. The molecule has 0 saturated heterocycles. The molecule has 1 aromatic rings. The zero-order valence-electron chi connectivity index (χ0n) is 13.3. The van der Waals surface area contributed by atoms with Crippen LogP contribution in [-0.2, 0) is 6.42 Å². The van der Waals surface area contributed by atoms with Crippen LogP contribution in [0.25, 0.3) is 0 Å². The van der Waals surface area contributed by atoms with Crippen molar-refractivity contribution in [3.8, 4) is 0 Å². The Labute approximate surface area is 138 Å². The number of halogens is 2. The lowest BCUT2D eigenvalue weighted by Crippen LogP contribution is -2.60. The molecule has 1 N–H and O–H groups in total. The van der Waals surface area contributed by atoms with E-state index in [1.807, 2.05) is 18.2 Å². The predicted octanol–water partition coefficient (Wildman–Crippen LogP) is 4.39. The number of benzene rings is 1. The molecule has 1 unspecified atom stereocenters. The van der Waals surface area contributed by atoms with Crippen LogP contribution in [0, 0.1) is 0 Å². The minimum atomic E-state index is 0.190. The van der Waals surface area contributed by atoms with Crippen molar-refractivity contribution in [2.24, 2.45) is 0 Å². The van der Waals surface area contributed by atoms with E-state index in [-0.39, 0.29) is 5.54 Å². The van der Waals surface area contributed by atoms with Gasteiger partial charge in [-0.25, -0.2) is 0 Å². The molecule has 0 radical (unpaired) electrons. The number of hydrogen-bond acceptors (Lipinski definition) is 2. The van der Waals surface area contributed by atoms with Gasteiger partial charge >= 0.3 is 0 Å². The first-order valence-electron chi connectivity index (χ1n) is 7.79. The second kappa shape index (κ2) is 7.32. The van der Waals surface area contributed by atoms with Gasteiger partial charge in [0.25, 0.3) is 0 Å². The van der Waals surface area contributed by atoms with E-state index in [0.717, 1.165) is 22.0 Å². The molecule has 0 aliphatic heterocycles. The molecule has 1 saturated carbocycles. The van der Waals surface area contributed by atoms with Crippen LogP contribution in [0.15, 0.2) is 18.2 Å². The fraction of sp³-hybridized carbons (Fsp3) is 0.647. The van der Waals surface area contributed by atoms with Gasteiger partial charge in [0.05, 0.1) is 0 Å². The van der Waals surface area contributed by atoms with E-state index < -0.39 is 0 Å². The highest BCUT2D eigenvalue weighted by molar-refractivity contribution is 6.36. The van der Waals surface area contributed by atoms with Crippen LogP contribution in [-0.4, -0.2) is 37.6 Å². The summed E-state index contributed by atoms with van der Waals surface area (Å²) < 4.78 is 0. The normalized spacial score (nSPS) is 19.7. The zero-order valence-corrected chi connectivity index (χ0v) is 14.8. The third-order valence-electron chi connectivity index (χ3n) is 5.08. The van der Waals surface area contributed by atoms with Gasteiger partial charge in [0.1, 0.15) is 0 Å². The number of likely N-dealkylation sites (N-methyl/N-ethyl adjacent to an activating group) is 2. The van der Waals surface area contributed by atoms with Gasteiger partial charge in [-0.15, -0.1) is 0 Å². The highest BCUT2D eigenvalue weighted by atomic mass is 35.5. The van der Waals surface area contributed by atoms with Gasteiger partial charge in [0.2, 0.25) is 0 Å². The molecule has 1 atom stereocenters. The number of hydrogen-bond donors (Lipinski definition) is 1. The Morgan fingerprint density at radius 3 is 2.19 bits per heavy atom. The molecule has 118 valence electrons. The van der Waals surface area contributed by atoms with Crippen LogP contribution in [0.1, 0.15) is 37.7 Å². The standard InChI is InChI=1S/C17H26Cl2N2/c1-20-16(12-13-14(18)8-7-9-15(13)19)17(21(2)3)10-5-4-6-11-17/h7-9,16,20H,4-6,10-12H2,1-3H3. The maximum Gasteiger partial charge on any atom is 0.0453 e. The summed E-state index contributed by atoms with van der Waals surface area (Å²) in [4.78, 5) is 2.40. The summed E-state index contributed by atoms with van der Waals surface area (Å²) in [5.74, 6) is 0. The lowest BCUT2D eigenvalue weighted by molar-refractivity contribution is 0.0598.